The van der Waals surface area contributed by atoms with Gasteiger partial charge in [0.25, 0.3) is 10.1 Å². The van der Waals surface area contributed by atoms with Gasteiger partial charge >= 0.3 is 5.97 Å². The Balaban J connectivity index is 3.22. The molecule has 1 aromatic rings. The van der Waals surface area contributed by atoms with Crippen LogP contribution in [0.3, 0.4) is 0 Å². The number of hydrogen-bond acceptors (Lipinski definition) is 5. The average molecular weight is 353 g/mol. The van der Waals surface area contributed by atoms with Gasteiger partial charge in [0.15, 0.2) is 0 Å². The molecule has 0 amide bonds. The van der Waals surface area contributed by atoms with Crippen molar-refractivity contribution in [1.82, 2.24) is 0 Å². The highest BCUT2D eigenvalue weighted by atomic mass is 79.9. The second kappa shape index (κ2) is 6.47. The molecule has 0 aliphatic rings. The molecular formula is C11H13BrO6S. The third kappa shape index (κ3) is 4.27. The van der Waals surface area contributed by atoms with Gasteiger partial charge in [0.2, 0.25) is 0 Å². The lowest BCUT2D eigenvalue weighted by molar-refractivity contribution is -0.140. The zero-order chi connectivity index (χ0) is 14.6. The average Bonchev–Trinajstić information content (AvgIpc) is 2.34. The molecule has 6 nitrogen and oxygen atoms in total. The van der Waals surface area contributed by atoms with E-state index in [0.29, 0.717) is 10.0 Å². The summed E-state index contributed by atoms with van der Waals surface area (Å²) in [6, 6.07) is 4.46. The lowest BCUT2D eigenvalue weighted by Crippen LogP contribution is -2.18. The van der Waals surface area contributed by atoms with Gasteiger partial charge < -0.3 is 9.84 Å². The summed E-state index contributed by atoms with van der Waals surface area (Å²) in [7, 11) is -3.33. The summed E-state index contributed by atoms with van der Waals surface area (Å²) >= 11 is 3.15. The molecule has 1 aromatic carbocycles. The Labute approximate surface area is 119 Å². The van der Waals surface area contributed by atoms with Gasteiger partial charge in [-0.25, -0.2) is 0 Å². The smallest absolute Gasteiger partial charge is 0.307 e. The summed E-state index contributed by atoms with van der Waals surface area (Å²) < 4.78 is 36.7. The second-order valence-electron chi connectivity index (χ2n) is 3.80. The zero-order valence-corrected chi connectivity index (χ0v) is 12.4. The second-order valence-corrected chi connectivity index (χ2v) is 6.25. The lowest BCUT2D eigenvalue weighted by Gasteiger charge is -2.15. The maximum absolute atomic E-state index is 11.4. The number of benzene rings is 1. The molecule has 1 atom stereocenters. The fraction of sp³-hybridized carbons (Fsp3) is 0.364. The Morgan fingerprint density at radius 3 is 2.53 bits per heavy atom. The summed E-state index contributed by atoms with van der Waals surface area (Å²) in [4.78, 5) is 11.2. The van der Waals surface area contributed by atoms with E-state index in [-0.39, 0.29) is 12.2 Å². The zero-order valence-electron chi connectivity index (χ0n) is 10.0. The van der Waals surface area contributed by atoms with Crippen molar-refractivity contribution in [3.8, 4) is 0 Å². The van der Waals surface area contributed by atoms with Crippen LogP contribution < -0.4 is 0 Å². The van der Waals surface area contributed by atoms with Gasteiger partial charge in [-0.05, 0) is 17.2 Å². The van der Waals surface area contributed by atoms with E-state index in [1.165, 1.54) is 18.2 Å². The number of methoxy groups -OCH3 is 1. The number of ether oxygens (including phenoxy) is 1. The van der Waals surface area contributed by atoms with Gasteiger partial charge in [0.05, 0.1) is 20.1 Å². The van der Waals surface area contributed by atoms with Crippen molar-refractivity contribution < 1.29 is 27.6 Å². The number of rotatable bonds is 5. The Kier molecular flexibility index (Phi) is 5.48. The first-order valence-electron chi connectivity index (χ1n) is 5.22. The molecule has 0 aliphatic carbocycles. The SMILES string of the molecule is COC(=O)CC(c1ccc(CO)cc1Br)S(=O)(=O)O. The van der Waals surface area contributed by atoms with E-state index in [9.17, 15) is 17.8 Å². The topological polar surface area (TPSA) is 101 Å². The van der Waals surface area contributed by atoms with E-state index in [1.54, 1.807) is 0 Å². The monoisotopic (exact) mass is 352 g/mol. The van der Waals surface area contributed by atoms with E-state index in [4.69, 9.17) is 5.11 Å². The molecule has 0 bridgehead atoms. The molecule has 2 N–H and O–H groups in total. The molecule has 19 heavy (non-hydrogen) atoms. The molecule has 0 fully saturated rings. The normalized spacial score (nSPS) is 13.1. The van der Waals surface area contributed by atoms with Crippen LogP contribution in [0.5, 0.6) is 0 Å². The summed E-state index contributed by atoms with van der Waals surface area (Å²) in [6.45, 7) is -0.202. The first-order chi connectivity index (χ1) is 8.79. The number of halogens is 1. The van der Waals surface area contributed by atoms with Gasteiger partial charge in [-0.15, -0.1) is 0 Å². The van der Waals surface area contributed by atoms with Crippen LogP contribution in [-0.2, 0) is 26.3 Å². The van der Waals surface area contributed by atoms with E-state index < -0.39 is 27.8 Å². The van der Waals surface area contributed by atoms with E-state index >= 15 is 0 Å². The van der Waals surface area contributed by atoms with Gasteiger partial charge in [-0.1, -0.05) is 28.1 Å². The molecule has 8 heteroatoms. The highest BCUT2D eigenvalue weighted by molar-refractivity contribution is 9.10. The molecule has 0 aromatic heterocycles. The van der Waals surface area contributed by atoms with E-state index in [0.717, 1.165) is 7.11 Å². The number of aliphatic hydroxyl groups is 1. The molecule has 0 saturated carbocycles. The van der Waals surface area contributed by atoms with Gasteiger partial charge in [0, 0.05) is 4.47 Å². The minimum Gasteiger partial charge on any atom is -0.469 e. The van der Waals surface area contributed by atoms with Gasteiger partial charge in [-0.3, -0.25) is 9.35 Å². The van der Waals surface area contributed by atoms with Crippen molar-refractivity contribution in [2.24, 2.45) is 0 Å². The maximum Gasteiger partial charge on any atom is 0.307 e. The first kappa shape index (κ1) is 16.1. The minimum absolute atomic E-state index is 0.202. The third-order valence-electron chi connectivity index (χ3n) is 2.53. The Hall–Kier alpha value is -0.960. The van der Waals surface area contributed by atoms with Crippen molar-refractivity contribution in [3.63, 3.8) is 0 Å². The first-order valence-corrected chi connectivity index (χ1v) is 7.51. The summed E-state index contributed by atoms with van der Waals surface area (Å²) in [5.74, 6) is -0.749. The number of esters is 1. The Morgan fingerprint density at radius 1 is 1.47 bits per heavy atom. The fourth-order valence-electron chi connectivity index (χ4n) is 1.54. The molecule has 106 valence electrons. The highest BCUT2D eigenvalue weighted by Crippen LogP contribution is 2.32. The van der Waals surface area contributed by atoms with Gasteiger partial charge in [0.1, 0.15) is 5.25 Å². The van der Waals surface area contributed by atoms with Crippen LogP contribution in [0.25, 0.3) is 0 Å². The number of hydrogen-bond donors (Lipinski definition) is 2. The van der Waals surface area contributed by atoms with Crippen LogP contribution in [0.4, 0.5) is 0 Å². The molecule has 0 spiro atoms. The van der Waals surface area contributed by atoms with Crippen molar-refractivity contribution in [2.75, 3.05) is 7.11 Å². The molecule has 0 radical (unpaired) electrons. The van der Waals surface area contributed by atoms with Gasteiger partial charge in [-0.2, -0.15) is 8.42 Å². The summed E-state index contributed by atoms with van der Waals surface area (Å²) in [6.07, 6.45) is -0.494. The molecule has 1 rings (SSSR count). The van der Waals surface area contributed by atoms with Crippen molar-refractivity contribution in [3.05, 3.63) is 33.8 Å². The molecule has 0 aliphatic heterocycles. The minimum atomic E-state index is -4.46. The predicted octanol–water partition coefficient (Wildman–Crippen LogP) is 1.43. The van der Waals surface area contributed by atoms with E-state index in [2.05, 4.69) is 20.7 Å². The van der Waals surface area contributed by atoms with Crippen LogP contribution in [-0.4, -0.2) is 31.2 Å². The molecule has 1 unspecified atom stereocenters. The van der Waals surface area contributed by atoms with Crippen LogP contribution in [0.15, 0.2) is 22.7 Å². The third-order valence-corrected chi connectivity index (χ3v) is 4.36. The fourth-order valence-corrected chi connectivity index (χ4v) is 3.27. The molecule has 0 saturated heterocycles. The predicted molar refractivity (Wildman–Crippen MR) is 71.0 cm³/mol. The Morgan fingerprint density at radius 2 is 2.11 bits per heavy atom. The van der Waals surface area contributed by atoms with Crippen LogP contribution in [0, 0.1) is 0 Å². The standard InChI is InChI=1S/C11H13BrO6S/c1-18-11(14)5-10(19(15,16)17)8-3-2-7(6-13)4-9(8)12/h2-4,10,13H,5-6H2,1H3,(H,15,16,17). The molecule has 0 heterocycles. The van der Waals surface area contributed by atoms with E-state index in [1.807, 2.05) is 0 Å². The quantitative estimate of drug-likeness (QED) is 0.614. The van der Waals surface area contributed by atoms with Crippen LogP contribution in [0.2, 0.25) is 0 Å². The van der Waals surface area contributed by atoms with Crippen molar-refractivity contribution in [1.29, 1.82) is 0 Å². The van der Waals surface area contributed by atoms with Crippen molar-refractivity contribution >= 4 is 32.0 Å². The maximum atomic E-state index is 11.4. The number of carbonyl (C=O) groups excluding carboxylic acids is 1. The summed E-state index contributed by atoms with van der Waals surface area (Å²) in [5, 5.41) is 7.56. The number of carbonyl (C=O) groups is 1. The van der Waals surface area contributed by atoms with Crippen molar-refractivity contribution in [2.45, 2.75) is 18.3 Å². The Bertz CT molecular complexity index is 569. The van der Waals surface area contributed by atoms with Crippen LogP contribution >= 0.6 is 15.9 Å². The largest absolute Gasteiger partial charge is 0.469 e. The highest BCUT2D eigenvalue weighted by Gasteiger charge is 2.30. The molecular weight excluding hydrogens is 340 g/mol. The number of aliphatic hydroxyl groups excluding tert-OH is 1. The lowest BCUT2D eigenvalue weighted by atomic mass is 10.1. The van der Waals surface area contributed by atoms with Crippen LogP contribution in [0.1, 0.15) is 22.8 Å². The summed E-state index contributed by atoms with van der Waals surface area (Å²) in [5.41, 5.74) is 0.799.